The average molecular weight is 312 g/mol. The molecule has 1 fully saturated rings. The Morgan fingerprint density at radius 3 is 2.64 bits per heavy atom. The number of fused-ring (bicyclic) bond motifs is 1. The first-order valence-corrected chi connectivity index (χ1v) is 8.21. The summed E-state index contributed by atoms with van der Waals surface area (Å²) in [5, 5.41) is 1.90. The van der Waals surface area contributed by atoms with Crippen LogP contribution in [0.2, 0.25) is 0 Å². The van der Waals surface area contributed by atoms with Gasteiger partial charge >= 0.3 is 0 Å². The molecule has 0 atom stereocenters. The topological polar surface area (TPSA) is 40.9 Å². The number of aromatic nitrogens is 2. The molecule has 4 rings (SSSR count). The summed E-state index contributed by atoms with van der Waals surface area (Å²) in [5.41, 5.74) is 1.94. The van der Waals surface area contributed by atoms with Gasteiger partial charge in [0.15, 0.2) is 4.96 Å². The van der Waals surface area contributed by atoms with E-state index in [0.717, 1.165) is 31.1 Å². The summed E-state index contributed by atoms with van der Waals surface area (Å²) in [5.74, 6) is 0.0944. The molecule has 0 saturated carbocycles. The summed E-state index contributed by atoms with van der Waals surface area (Å²) < 4.78 is 1.87. The van der Waals surface area contributed by atoms with Gasteiger partial charge in [-0.15, -0.1) is 11.3 Å². The molecule has 0 bridgehead atoms. The second kappa shape index (κ2) is 5.46. The number of para-hydroxylation sites is 1. The van der Waals surface area contributed by atoms with E-state index >= 15 is 0 Å². The summed E-state index contributed by atoms with van der Waals surface area (Å²) in [6.45, 7) is 3.24. The minimum absolute atomic E-state index is 0.0944. The van der Waals surface area contributed by atoms with E-state index in [0.29, 0.717) is 5.69 Å². The molecule has 0 spiro atoms. The zero-order chi connectivity index (χ0) is 14.9. The highest BCUT2D eigenvalue weighted by Crippen LogP contribution is 2.19. The van der Waals surface area contributed by atoms with E-state index in [9.17, 15) is 4.79 Å². The Kier molecular flexibility index (Phi) is 3.31. The van der Waals surface area contributed by atoms with Gasteiger partial charge in [-0.25, -0.2) is 4.98 Å². The van der Waals surface area contributed by atoms with Gasteiger partial charge in [-0.05, 0) is 12.1 Å². The number of imidazole rings is 1. The fourth-order valence-corrected chi connectivity index (χ4v) is 3.67. The molecule has 1 amide bonds. The highest BCUT2D eigenvalue weighted by molar-refractivity contribution is 7.15. The van der Waals surface area contributed by atoms with Crippen molar-refractivity contribution in [3.05, 3.63) is 53.8 Å². The Morgan fingerprint density at radius 2 is 1.86 bits per heavy atom. The van der Waals surface area contributed by atoms with Crippen LogP contribution in [0.4, 0.5) is 5.69 Å². The maximum absolute atomic E-state index is 12.7. The number of nitrogens with zero attached hydrogens (tertiary/aromatic N) is 4. The van der Waals surface area contributed by atoms with Crippen LogP contribution in [0.15, 0.2) is 48.1 Å². The summed E-state index contributed by atoms with van der Waals surface area (Å²) >= 11 is 1.50. The van der Waals surface area contributed by atoms with Crippen molar-refractivity contribution in [2.24, 2.45) is 0 Å². The summed E-state index contributed by atoms with van der Waals surface area (Å²) in [4.78, 5) is 22.0. The number of hydrogen-bond acceptors (Lipinski definition) is 4. The molecule has 5 nitrogen and oxygen atoms in total. The van der Waals surface area contributed by atoms with Crippen molar-refractivity contribution in [2.45, 2.75) is 0 Å². The minimum Gasteiger partial charge on any atom is -0.368 e. The van der Waals surface area contributed by atoms with Gasteiger partial charge in [-0.1, -0.05) is 18.2 Å². The van der Waals surface area contributed by atoms with E-state index in [4.69, 9.17) is 0 Å². The van der Waals surface area contributed by atoms with Crippen LogP contribution in [-0.4, -0.2) is 46.4 Å². The van der Waals surface area contributed by atoms with Crippen molar-refractivity contribution in [1.82, 2.24) is 14.3 Å². The Hall–Kier alpha value is -2.34. The molecule has 3 aromatic rings. The third-order valence-electron chi connectivity index (χ3n) is 4.05. The van der Waals surface area contributed by atoms with Crippen molar-refractivity contribution in [2.75, 3.05) is 31.1 Å². The van der Waals surface area contributed by atoms with Gasteiger partial charge < -0.3 is 9.80 Å². The number of piperazine rings is 1. The number of anilines is 1. The molecule has 1 aliphatic rings. The van der Waals surface area contributed by atoms with Crippen LogP contribution in [0, 0.1) is 0 Å². The molecule has 0 N–H and O–H groups in total. The molecule has 0 unspecified atom stereocenters. The molecule has 2 aromatic heterocycles. The quantitative estimate of drug-likeness (QED) is 0.729. The number of thiazole rings is 1. The third-order valence-corrected chi connectivity index (χ3v) is 4.90. The first kappa shape index (κ1) is 13.3. The van der Waals surface area contributed by atoms with Crippen LogP contribution < -0.4 is 4.90 Å². The smallest absolute Gasteiger partial charge is 0.271 e. The Labute approximate surface area is 132 Å². The van der Waals surface area contributed by atoms with Gasteiger partial charge in [-0.3, -0.25) is 9.20 Å². The monoisotopic (exact) mass is 312 g/mol. The van der Waals surface area contributed by atoms with Gasteiger partial charge in [0, 0.05) is 49.6 Å². The zero-order valence-electron chi connectivity index (χ0n) is 12.1. The number of amides is 1. The lowest BCUT2D eigenvalue weighted by Gasteiger charge is -2.36. The summed E-state index contributed by atoms with van der Waals surface area (Å²) in [7, 11) is 0. The average Bonchev–Trinajstić information content (AvgIpc) is 3.18. The highest BCUT2D eigenvalue weighted by Gasteiger charge is 2.24. The number of rotatable bonds is 2. The second-order valence-corrected chi connectivity index (χ2v) is 6.15. The SMILES string of the molecule is O=C(c1csc2nccn12)N1CCN(c2ccccc2)CC1. The first-order valence-electron chi connectivity index (χ1n) is 7.33. The van der Waals surface area contributed by atoms with Gasteiger partial charge in [0.25, 0.3) is 5.91 Å². The lowest BCUT2D eigenvalue weighted by Crippen LogP contribution is -2.49. The van der Waals surface area contributed by atoms with E-state index < -0.39 is 0 Å². The van der Waals surface area contributed by atoms with Crippen LogP contribution in [0.3, 0.4) is 0 Å². The molecule has 22 heavy (non-hydrogen) atoms. The van der Waals surface area contributed by atoms with Crippen LogP contribution in [0.1, 0.15) is 10.5 Å². The molecule has 0 aliphatic carbocycles. The number of hydrogen-bond donors (Lipinski definition) is 0. The number of carbonyl (C=O) groups excluding carboxylic acids is 1. The zero-order valence-corrected chi connectivity index (χ0v) is 12.9. The first-order chi connectivity index (χ1) is 10.8. The molecular weight excluding hydrogens is 296 g/mol. The number of benzene rings is 1. The lowest BCUT2D eigenvalue weighted by molar-refractivity contribution is 0.0740. The van der Waals surface area contributed by atoms with Gasteiger partial charge in [0.1, 0.15) is 5.69 Å². The van der Waals surface area contributed by atoms with Crippen LogP contribution >= 0.6 is 11.3 Å². The second-order valence-electron chi connectivity index (χ2n) is 5.32. The van der Waals surface area contributed by atoms with E-state index in [-0.39, 0.29) is 5.91 Å². The standard InChI is InChI=1S/C16H16N4OS/c21-15(14-12-22-16-17-6-7-20(14)16)19-10-8-18(9-11-19)13-4-2-1-3-5-13/h1-7,12H,8-11H2. The molecule has 0 radical (unpaired) electrons. The predicted octanol–water partition coefficient (Wildman–Crippen LogP) is 2.36. The summed E-state index contributed by atoms with van der Waals surface area (Å²) in [6.07, 6.45) is 3.58. The molecule has 6 heteroatoms. The third kappa shape index (κ3) is 2.25. The maximum Gasteiger partial charge on any atom is 0.271 e. The van der Waals surface area contributed by atoms with Crippen molar-refractivity contribution < 1.29 is 4.79 Å². The Balaban J connectivity index is 1.47. The van der Waals surface area contributed by atoms with Gasteiger partial charge in [0.2, 0.25) is 0 Å². The van der Waals surface area contributed by atoms with Crippen LogP contribution in [0.5, 0.6) is 0 Å². The molecule has 1 aromatic carbocycles. The van der Waals surface area contributed by atoms with Crippen molar-refractivity contribution in [3.8, 4) is 0 Å². The van der Waals surface area contributed by atoms with E-state index in [2.05, 4.69) is 22.0 Å². The number of carbonyl (C=O) groups is 1. The normalized spacial score (nSPS) is 15.5. The summed E-state index contributed by atoms with van der Waals surface area (Å²) in [6, 6.07) is 10.4. The molecule has 3 heterocycles. The maximum atomic E-state index is 12.7. The van der Waals surface area contributed by atoms with Crippen molar-refractivity contribution in [1.29, 1.82) is 0 Å². The Morgan fingerprint density at radius 1 is 1.09 bits per heavy atom. The van der Waals surface area contributed by atoms with E-state index in [1.807, 2.05) is 39.1 Å². The minimum atomic E-state index is 0.0944. The molecular formula is C16H16N4OS. The largest absolute Gasteiger partial charge is 0.368 e. The molecule has 1 aliphatic heterocycles. The fraction of sp³-hybridized carbons (Fsp3) is 0.250. The molecule has 112 valence electrons. The lowest BCUT2D eigenvalue weighted by atomic mass is 10.2. The van der Waals surface area contributed by atoms with E-state index in [1.165, 1.54) is 17.0 Å². The van der Waals surface area contributed by atoms with Gasteiger partial charge in [-0.2, -0.15) is 0 Å². The van der Waals surface area contributed by atoms with Gasteiger partial charge in [0.05, 0.1) is 0 Å². The van der Waals surface area contributed by atoms with Crippen molar-refractivity contribution >= 4 is 27.9 Å². The Bertz CT molecular complexity index is 787. The predicted molar refractivity (Wildman–Crippen MR) is 87.6 cm³/mol. The van der Waals surface area contributed by atoms with E-state index in [1.54, 1.807) is 6.20 Å². The van der Waals surface area contributed by atoms with Crippen LogP contribution in [-0.2, 0) is 0 Å². The molecule has 1 saturated heterocycles. The fourth-order valence-electron chi connectivity index (χ4n) is 2.85. The van der Waals surface area contributed by atoms with Crippen molar-refractivity contribution in [3.63, 3.8) is 0 Å². The van der Waals surface area contributed by atoms with Crippen LogP contribution in [0.25, 0.3) is 4.96 Å². The highest BCUT2D eigenvalue weighted by atomic mass is 32.1.